The fourth-order valence-corrected chi connectivity index (χ4v) is 1.83. The maximum atomic E-state index is 5.53. The van der Waals surface area contributed by atoms with E-state index in [1.807, 2.05) is 0 Å². The summed E-state index contributed by atoms with van der Waals surface area (Å²) in [6.07, 6.45) is 6.71. The minimum atomic E-state index is 0.553. The minimum Gasteiger partial charge on any atom is -0.271 e. The number of rotatable bonds is 6. The lowest BCUT2D eigenvalue weighted by Crippen LogP contribution is -2.40. The summed E-state index contributed by atoms with van der Waals surface area (Å²) in [4.78, 5) is 0. The highest BCUT2D eigenvalue weighted by Crippen LogP contribution is 2.35. The first-order valence-electron chi connectivity index (χ1n) is 5.24. The lowest BCUT2D eigenvalue weighted by Gasteiger charge is -2.22. The summed E-state index contributed by atoms with van der Waals surface area (Å²) in [6.45, 7) is 4.54. The van der Waals surface area contributed by atoms with Crippen LogP contribution in [0.3, 0.4) is 0 Å². The summed E-state index contributed by atoms with van der Waals surface area (Å²) in [6, 6.07) is 0.553. The van der Waals surface area contributed by atoms with E-state index in [0.717, 1.165) is 11.8 Å². The smallest absolute Gasteiger partial charge is 0.0238 e. The fraction of sp³-hybridized carbons (Fsp3) is 1.00. The molecule has 2 nitrogen and oxygen atoms in total. The molecule has 2 heteroatoms. The first kappa shape index (κ1) is 10.0. The van der Waals surface area contributed by atoms with Crippen LogP contribution in [-0.4, -0.2) is 6.04 Å². The average molecular weight is 170 g/mol. The van der Waals surface area contributed by atoms with E-state index in [0.29, 0.717) is 6.04 Å². The summed E-state index contributed by atoms with van der Waals surface area (Å²) in [5.41, 5.74) is 2.96. The monoisotopic (exact) mass is 170 g/mol. The van der Waals surface area contributed by atoms with Crippen LogP contribution in [0.15, 0.2) is 0 Å². The van der Waals surface area contributed by atoms with Crippen LogP contribution in [0.5, 0.6) is 0 Å². The van der Waals surface area contributed by atoms with Gasteiger partial charge in [0, 0.05) is 6.04 Å². The van der Waals surface area contributed by atoms with E-state index in [4.69, 9.17) is 5.84 Å². The van der Waals surface area contributed by atoms with Crippen molar-refractivity contribution in [1.29, 1.82) is 0 Å². The molecule has 0 aromatic carbocycles. The molecule has 0 aromatic heterocycles. The number of hydrogen-bond donors (Lipinski definition) is 2. The number of nitrogens with one attached hydrogen (secondary N) is 1. The Morgan fingerprint density at radius 3 is 2.58 bits per heavy atom. The van der Waals surface area contributed by atoms with Crippen molar-refractivity contribution >= 4 is 0 Å². The predicted octanol–water partition coefficient (Wildman–Crippen LogP) is 2.05. The van der Waals surface area contributed by atoms with Gasteiger partial charge in [0.25, 0.3) is 0 Å². The molecule has 2 atom stereocenters. The molecule has 1 rings (SSSR count). The Bertz CT molecular complexity index is 121. The second-order valence-corrected chi connectivity index (χ2v) is 4.22. The molecule has 1 aliphatic carbocycles. The van der Waals surface area contributed by atoms with Crippen molar-refractivity contribution in [2.75, 3.05) is 0 Å². The number of hydrogen-bond acceptors (Lipinski definition) is 2. The van der Waals surface area contributed by atoms with Gasteiger partial charge in [0.2, 0.25) is 0 Å². The van der Waals surface area contributed by atoms with Crippen LogP contribution in [-0.2, 0) is 0 Å². The summed E-state index contributed by atoms with van der Waals surface area (Å²) >= 11 is 0. The van der Waals surface area contributed by atoms with E-state index in [9.17, 15) is 0 Å². The highest BCUT2D eigenvalue weighted by atomic mass is 15.2. The predicted molar refractivity (Wildman–Crippen MR) is 52.5 cm³/mol. The maximum absolute atomic E-state index is 5.53. The molecule has 1 saturated carbocycles. The lowest BCUT2D eigenvalue weighted by atomic mass is 9.93. The molecule has 0 radical (unpaired) electrons. The normalized spacial score (nSPS) is 22.2. The van der Waals surface area contributed by atoms with Crippen molar-refractivity contribution < 1.29 is 0 Å². The fourth-order valence-electron chi connectivity index (χ4n) is 1.83. The topological polar surface area (TPSA) is 38.0 Å². The van der Waals surface area contributed by atoms with E-state index in [1.165, 1.54) is 32.1 Å². The zero-order valence-electron chi connectivity index (χ0n) is 8.34. The summed E-state index contributed by atoms with van der Waals surface area (Å²) in [5, 5.41) is 0. The van der Waals surface area contributed by atoms with Gasteiger partial charge in [-0.15, -0.1) is 0 Å². The molecule has 0 spiro atoms. The molecule has 0 aromatic rings. The molecule has 0 aliphatic heterocycles. The van der Waals surface area contributed by atoms with Crippen molar-refractivity contribution in [2.45, 2.75) is 52.0 Å². The summed E-state index contributed by atoms with van der Waals surface area (Å²) < 4.78 is 0. The van der Waals surface area contributed by atoms with Crippen LogP contribution in [0.1, 0.15) is 46.0 Å². The van der Waals surface area contributed by atoms with E-state index >= 15 is 0 Å². The van der Waals surface area contributed by atoms with Gasteiger partial charge in [0.05, 0.1) is 0 Å². The third-order valence-corrected chi connectivity index (χ3v) is 2.93. The average Bonchev–Trinajstić information content (AvgIpc) is 2.84. The van der Waals surface area contributed by atoms with Gasteiger partial charge in [-0.3, -0.25) is 11.3 Å². The van der Waals surface area contributed by atoms with E-state index in [-0.39, 0.29) is 0 Å². The second kappa shape index (κ2) is 4.83. The van der Waals surface area contributed by atoms with Crippen LogP contribution in [0.25, 0.3) is 0 Å². The van der Waals surface area contributed by atoms with Gasteiger partial charge >= 0.3 is 0 Å². The molecule has 0 saturated heterocycles. The Morgan fingerprint density at radius 1 is 1.50 bits per heavy atom. The highest BCUT2D eigenvalue weighted by molar-refractivity contribution is 4.81. The molecule has 0 heterocycles. The van der Waals surface area contributed by atoms with Crippen LogP contribution in [0.2, 0.25) is 0 Å². The Kier molecular flexibility index (Phi) is 4.02. The largest absolute Gasteiger partial charge is 0.271 e. The van der Waals surface area contributed by atoms with Crippen LogP contribution in [0, 0.1) is 11.8 Å². The molecular weight excluding hydrogens is 148 g/mol. The molecule has 3 N–H and O–H groups in total. The molecule has 1 fully saturated rings. The van der Waals surface area contributed by atoms with E-state index in [1.54, 1.807) is 0 Å². The summed E-state index contributed by atoms with van der Waals surface area (Å²) in [7, 11) is 0. The van der Waals surface area contributed by atoms with Crippen molar-refractivity contribution in [2.24, 2.45) is 17.7 Å². The third-order valence-electron chi connectivity index (χ3n) is 2.93. The first-order chi connectivity index (χ1) is 5.77. The molecular formula is C10H22N2. The van der Waals surface area contributed by atoms with Gasteiger partial charge in [-0.05, 0) is 24.7 Å². The zero-order chi connectivity index (χ0) is 8.97. The van der Waals surface area contributed by atoms with Gasteiger partial charge < -0.3 is 0 Å². The van der Waals surface area contributed by atoms with Crippen molar-refractivity contribution in [3.8, 4) is 0 Å². The van der Waals surface area contributed by atoms with Gasteiger partial charge in [0.15, 0.2) is 0 Å². The van der Waals surface area contributed by atoms with Crippen molar-refractivity contribution in [1.82, 2.24) is 5.43 Å². The molecule has 12 heavy (non-hydrogen) atoms. The molecule has 0 amide bonds. The van der Waals surface area contributed by atoms with Crippen LogP contribution < -0.4 is 11.3 Å². The quantitative estimate of drug-likeness (QED) is 0.473. The maximum Gasteiger partial charge on any atom is 0.0238 e. The molecule has 2 unspecified atom stereocenters. The zero-order valence-corrected chi connectivity index (χ0v) is 8.34. The Hall–Kier alpha value is -0.0800. The van der Waals surface area contributed by atoms with Crippen molar-refractivity contribution in [3.05, 3.63) is 0 Å². The first-order valence-corrected chi connectivity index (χ1v) is 5.24. The molecule has 0 bridgehead atoms. The van der Waals surface area contributed by atoms with Gasteiger partial charge in [-0.1, -0.05) is 33.1 Å². The SMILES string of the molecule is CCCC(C)C(CC1CC1)NN. The third kappa shape index (κ3) is 3.11. The lowest BCUT2D eigenvalue weighted by molar-refractivity contribution is 0.329. The minimum absolute atomic E-state index is 0.553. The Labute approximate surface area is 75.9 Å². The Balaban J connectivity index is 2.21. The Morgan fingerprint density at radius 2 is 2.17 bits per heavy atom. The number of hydrazine groups is 1. The molecule has 1 aliphatic rings. The standard InChI is InChI=1S/C10H22N2/c1-3-4-8(2)10(12-11)7-9-5-6-9/h8-10,12H,3-7,11H2,1-2H3. The molecule has 72 valence electrons. The van der Waals surface area contributed by atoms with E-state index in [2.05, 4.69) is 19.3 Å². The highest BCUT2D eigenvalue weighted by Gasteiger charge is 2.27. The van der Waals surface area contributed by atoms with Gasteiger partial charge in [-0.2, -0.15) is 0 Å². The second-order valence-electron chi connectivity index (χ2n) is 4.22. The van der Waals surface area contributed by atoms with E-state index < -0.39 is 0 Å². The number of nitrogens with two attached hydrogens (primary N) is 1. The summed E-state index contributed by atoms with van der Waals surface area (Å²) in [5.74, 6) is 7.24. The van der Waals surface area contributed by atoms with Gasteiger partial charge in [-0.25, -0.2) is 0 Å². The van der Waals surface area contributed by atoms with Crippen molar-refractivity contribution in [3.63, 3.8) is 0 Å². The van der Waals surface area contributed by atoms with Crippen LogP contribution in [0.4, 0.5) is 0 Å². The van der Waals surface area contributed by atoms with Crippen LogP contribution >= 0.6 is 0 Å². The van der Waals surface area contributed by atoms with Gasteiger partial charge in [0.1, 0.15) is 0 Å².